The van der Waals surface area contributed by atoms with Crippen molar-refractivity contribution in [3.63, 3.8) is 0 Å². The maximum absolute atomic E-state index is 12.0. The van der Waals surface area contributed by atoms with E-state index in [9.17, 15) is 20.1 Å². The third-order valence-electron chi connectivity index (χ3n) is 3.53. The highest BCUT2D eigenvalue weighted by Crippen LogP contribution is 2.25. The predicted octanol–water partition coefficient (Wildman–Crippen LogP) is 2.72. The molecule has 1 amide bonds. The van der Waals surface area contributed by atoms with E-state index in [0.717, 1.165) is 16.8 Å². The Labute approximate surface area is 137 Å². The van der Waals surface area contributed by atoms with Gasteiger partial charge < -0.3 is 15.3 Å². The summed E-state index contributed by atoms with van der Waals surface area (Å²) in [5.74, 6) is -1.09. The van der Waals surface area contributed by atoms with Gasteiger partial charge in [0.15, 0.2) is 0 Å². The van der Waals surface area contributed by atoms with Crippen molar-refractivity contribution in [2.45, 2.75) is 0 Å². The molecule has 0 atom stereocenters. The second kappa shape index (κ2) is 6.29. The molecule has 0 saturated heterocycles. The molecule has 0 heterocycles. The number of carbonyl (C=O) groups excluding carboxylic acids is 1. The van der Waals surface area contributed by atoms with Gasteiger partial charge in [0, 0.05) is 11.6 Å². The monoisotopic (exact) mass is 322 g/mol. The normalized spacial score (nSPS) is 11.0. The lowest BCUT2D eigenvalue weighted by atomic mass is 10.0. The summed E-state index contributed by atoms with van der Waals surface area (Å²) in [6.07, 6.45) is 1.34. The van der Waals surface area contributed by atoms with E-state index in [1.807, 2.05) is 24.3 Å². The van der Waals surface area contributed by atoms with Crippen LogP contribution in [0.2, 0.25) is 0 Å². The Balaban J connectivity index is 1.84. The smallest absolute Gasteiger partial charge is 0.275 e. The van der Waals surface area contributed by atoms with E-state index in [4.69, 9.17) is 0 Å². The molecule has 0 fully saturated rings. The van der Waals surface area contributed by atoms with Gasteiger partial charge in [-0.2, -0.15) is 5.10 Å². The Morgan fingerprint density at radius 2 is 1.75 bits per heavy atom. The summed E-state index contributed by atoms with van der Waals surface area (Å²) < 4.78 is 0. The van der Waals surface area contributed by atoms with Gasteiger partial charge in [0.25, 0.3) is 5.91 Å². The number of nitrogens with one attached hydrogen (secondary N) is 1. The third kappa shape index (κ3) is 2.98. The minimum absolute atomic E-state index is 0.0212. The van der Waals surface area contributed by atoms with E-state index in [2.05, 4.69) is 10.5 Å². The first-order valence-corrected chi connectivity index (χ1v) is 7.12. The van der Waals surface area contributed by atoms with Gasteiger partial charge in [-0.25, -0.2) is 5.43 Å². The molecule has 0 unspecified atom stereocenters. The van der Waals surface area contributed by atoms with E-state index >= 15 is 0 Å². The molecule has 0 aliphatic rings. The number of hydrogen-bond acceptors (Lipinski definition) is 5. The molecule has 6 nitrogen and oxygen atoms in total. The van der Waals surface area contributed by atoms with Crippen molar-refractivity contribution in [3.05, 3.63) is 65.7 Å². The minimum Gasteiger partial charge on any atom is -0.508 e. The first-order chi connectivity index (χ1) is 11.6. The van der Waals surface area contributed by atoms with Crippen LogP contribution >= 0.6 is 0 Å². The van der Waals surface area contributed by atoms with Crippen LogP contribution in [0.5, 0.6) is 17.2 Å². The van der Waals surface area contributed by atoms with Crippen molar-refractivity contribution in [3.8, 4) is 17.2 Å². The van der Waals surface area contributed by atoms with Gasteiger partial charge in [-0.1, -0.05) is 30.3 Å². The molecule has 3 aromatic rings. The van der Waals surface area contributed by atoms with E-state index in [1.54, 1.807) is 12.1 Å². The average Bonchev–Trinajstić information content (AvgIpc) is 2.56. The van der Waals surface area contributed by atoms with Crippen LogP contribution in [0.3, 0.4) is 0 Å². The number of hydrogen-bond donors (Lipinski definition) is 4. The van der Waals surface area contributed by atoms with Crippen molar-refractivity contribution in [2.24, 2.45) is 5.10 Å². The molecular formula is C18H14N2O4. The molecular weight excluding hydrogens is 308 g/mol. The lowest BCUT2D eigenvalue weighted by Gasteiger charge is -2.05. The summed E-state index contributed by atoms with van der Waals surface area (Å²) in [5, 5.41) is 34.4. The Kier molecular flexibility index (Phi) is 4.03. The molecule has 120 valence electrons. The van der Waals surface area contributed by atoms with Gasteiger partial charge >= 0.3 is 0 Å². The number of rotatable bonds is 3. The highest BCUT2D eigenvalue weighted by atomic mass is 16.3. The SMILES string of the molecule is O=C(N/N=C/c1c(O)ccc2ccccc12)c1ccc(O)cc1O. The Hall–Kier alpha value is -3.54. The summed E-state index contributed by atoms with van der Waals surface area (Å²) in [7, 11) is 0. The Morgan fingerprint density at radius 3 is 2.54 bits per heavy atom. The fourth-order valence-electron chi connectivity index (χ4n) is 2.35. The first kappa shape index (κ1) is 15.4. The summed E-state index contributed by atoms with van der Waals surface area (Å²) >= 11 is 0. The topological polar surface area (TPSA) is 102 Å². The average molecular weight is 322 g/mol. The van der Waals surface area contributed by atoms with Crippen LogP contribution < -0.4 is 5.43 Å². The zero-order chi connectivity index (χ0) is 17.1. The van der Waals surface area contributed by atoms with Crippen LogP contribution in [0.25, 0.3) is 10.8 Å². The van der Waals surface area contributed by atoms with Crippen LogP contribution in [0.4, 0.5) is 0 Å². The highest BCUT2D eigenvalue weighted by Gasteiger charge is 2.11. The third-order valence-corrected chi connectivity index (χ3v) is 3.53. The molecule has 3 aromatic carbocycles. The van der Waals surface area contributed by atoms with Gasteiger partial charge in [0.1, 0.15) is 17.2 Å². The van der Waals surface area contributed by atoms with Crippen LogP contribution in [0.15, 0.2) is 59.7 Å². The molecule has 24 heavy (non-hydrogen) atoms. The standard InChI is InChI=1S/C18H14N2O4/c21-12-6-7-14(17(23)9-12)18(24)20-19-10-15-13-4-2-1-3-11(13)5-8-16(15)22/h1-10,21-23H,(H,20,24)/b19-10+. The maximum Gasteiger partial charge on any atom is 0.275 e. The van der Waals surface area contributed by atoms with Crippen molar-refractivity contribution >= 4 is 22.9 Å². The fraction of sp³-hybridized carbons (Fsp3) is 0. The number of phenolic OH excluding ortho intramolecular Hbond substituents is 3. The van der Waals surface area contributed by atoms with Crippen LogP contribution in [-0.4, -0.2) is 27.4 Å². The summed E-state index contributed by atoms with van der Waals surface area (Å²) in [4.78, 5) is 12.0. The van der Waals surface area contributed by atoms with Crippen LogP contribution in [-0.2, 0) is 0 Å². The lowest BCUT2D eigenvalue weighted by molar-refractivity contribution is 0.0952. The fourth-order valence-corrected chi connectivity index (χ4v) is 2.35. The number of aromatic hydroxyl groups is 3. The number of hydrazone groups is 1. The van der Waals surface area contributed by atoms with E-state index in [1.165, 1.54) is 18.3 Å². The number of benzene rings is 3. The predicted molar refractivity (Wildman–Crippen MR) is 90.4 cm³/mol. The van der Waals surface area contributed by atoms with E-state index in [-0.39, 0.29) is 22.8 Å². The molecule has 6 heteroatoms. The molecule has 0 aliphatic carbocycles. The molecule has 0 aliphatic heterocycles. The molecule has 3 rings (SSSR count). The number of amides is 1. The lowest BCUT2D eigenvalue weighted by Crippen LogP contribution is -2.17. The van der Waals surface area contributed by atoms with Crippen molar-refractivity contribution in [2.75, 3.05) is 0 Å². The van der Waals surface area contributed by atoms with Crippen molar-refractivity contribution in [1.29, 1.82) is 0 Å². The van der Waals surface area contributed by atoms with Gasteiger partial charge in [-0.05, 0) is 29.0 Å². The van der Waals surface area contributed by atoms with Gasteiger partial charge in [0.05, 0.1) is 11.8 Å². The maximum atomic E-state index is 12.0. The molecule has 0 aromatic heterocycles. The summed E-state index contributed by atoms with van der Waals surface area (Å²) in [5.41, 5.74) is 2.73. The second-order valence-corrected chi connectivity index (χ2v) is 5.12. The highest BCUT2D eigenvalue weighted by molar-refractivity contribution is 6.03. The molecule has 0 bridgehead atoms. The number of fused-ring (bicyclic) bond motifs is 1. The number of phenols is 3. The quantitative estimate of drug-likeness (QED) is 0.440. The van der Waals surface area contributed by atoms with E-state index in [0.29, 0.717) is 5.56 Å². The van der Waals surface area contributed by atoms with Crippen molar-refractivity contribution < 1.29 is 20.1 Å². The van der Waals surface area contributed by atoms with Gasteiger partial charge in [-0.15, -0.1) is 0 Å². The molecule has 0 saturated carbocycles. The minimum atomic E-state index is -0.636. The van der Waals surface area contributed by atoms with E-state index < -0.39 is 5.91 Å². The largest absolute Gasteiger partial charge is 0.508 e. The van der Waals surface area contributed by atoms with Crippen LogP contribution in [0, 0.1) is 0 Å². The van der Waals surface area contributed by atoms with Crippen molar-refractivity contribution in [1.82, 2.24) is 5.43 Å². The summed E-state index contributed by atoms with van der Waals surface area (Å²) in [6.45, 7) is 0. The summed E-state index contributed by atoms with van der Waals surface area (Å²) in [6, 6.07) is 14.4. The van der Waals surface area contributed by atoms with Crippen LogP contribution in [0.1, 0.15) is 15.9 Å². The zero-order valence-electron chi connectivity index (χ0n) is 12.5. The van der Waals surface area contributed by atoms with Gasteiger partial charge in [-0.3, -0.25) is 4.79 Å². The zero-order valence-corrected chi connectivity index (χ0v) is 12.5. The molecule has 0 spiro atoms. The number of nitrogens with zero attached hydrogens (tertiary/aromatic N) is 1. The molecule has 0 radical (unpaired) electrons. The van der Waals surface area contributed by atoms with Gasteiger partial charge in [0.2, 0.25) is 0 Å². The molecule has 4 N–H and O–H groups in total. The Bertz CT molecular complexity index is 951. The number of carbonyl (C=O) groups is 1. The Morgan fingerprint density at radius 1 is 0.958 bits per heavy atom. The first-order valence-electron chi connectivity index (χ1n) is 7.12. The second-order valence-electron chi connectivity index (χ2n) is 5.12.